The second kappa shape index (κ2) is 10.9. The van der Waals surface area contributed by atoms with Crippen LogP contribution in [0.2, 0.25) is 0 Å². The molecule has 168 valence electrons. The van der Waals surface area contributed by atoms with E-state index in [-0.39, 0.29) is 5.91 Å². The van der Waals surface area contributed by atoms with Gasteiger partial charge in [0.15, 0.2) is 0 Å². The molecule has 1 unspecified atom stereocenters. The molecule has 0 radical (unpaired) electrons. The van der Waals surface area contributed by atoms with E-state index in [1.807, 2.05) is 47.8 Å². The lowest BCUT2D eigenvalue weighted by atomic mass is 9.96. The number of nitrogens with zero attached hydrogens (tertiary/aromatic N) is 2. The molecule has 0 aliphatic carbocycles. The zero-order valence-electron chi connectivity index (χ0n) is 19.1. The molecular formula is C27H33N3OS. The Morgan fingerprint density at radius 3 is 2.59 bits per heavy atom. The Morgan fingerprint density at radius 2 is 1.84 bits per heavy atom. The SMILES string of the molecule is CCCC(C)CN1CCC(c2nc(C(=O)Nc3ccccc3-c3ccccc3)cs2)CC1. The summed E-state index contributed by atoms with van der Waals surface area (Å²) in [5.41, 5.74) is 3.43. The minimum absolute atomic E-state index is 0.137. The molecule has 4 nitrogen and oxygen atoms in total. The number of carbonyl (C=O) groups excluding carboxylic acids is 1. The number of nitrogens with one attached hydrogen (secondary N) is 1. The molecule has 1 fully saturated rings. The van der Waals surface area contributed by atoms with E-state index < -0.39 is 0 Å². The summed E-state index contributed by atoms with van der Waals surface area (Å²) in [5, 5.41) is 6.09. The van der Waals surface area contributed by atoms with Gasteiger partial charge in [-0.3, -0.25) is 4.79 Å². The van der Waals surface area contributed by atoms with Gasteiger partial charge in [-0.1, -0.05) is 68.8 Å². The lowest BCUT2D eigenvalue weighted by Gasteiger charge is -2.32. The monoisotopic (exact) mass is 447 g/mol. The molecule has 0 saturated carbocycles. The number of carbonyl (C=O) groups is 1. The first-order valence-electron chi connectivity index (χ1n) is 11.8. The molecule has 0 bridgehead atoms. The van der Waals surface area contributed by atoms with Crippen LogP contribution in [-0.2, 0) is 0 Å². The van der Waals surface area contributed by atoms with Crippen LogP contribution in [0.15, 0.2) is 60.0 Å². The highest BCUT2D eigenvalue weighted by atomic mass is 32.1. The standard InChI is InChI=1S/C27H33N3OS/c1-3-9-20(2)18-30-16-14-22(15-17-30)27-29-25(19-32-27)26(31)28-24-13-8-7-12-23(24)21-10-5-4-6-11-21/h4-8,10-13,19-20,22H,3,9,14-18H2,1-2H3,(H,28,31). The van der Waals surface area contributed by atoms with Crippen LogP contribution in [0.3, 0.4) is 0 Å². The molecule has 1 amide bonds. The third-order valence-electron chi connectivity index (χ3n) is 6.30. The van der Waals surface area contributed by atoms with E-state index in [0.29, 0.717) is 11.6 Å². The molecule has 32 heavy (non-hydrogen) atoms. The first kappa shape index (κ1) is 22.7. The second-order valence-corrected chi connectivity index (χ2v) is 9.80. The molecule has 1 N–H and O–H groups in total. The molecule has 4 rings (SSSR count). The second-order valence-electron chi connectivity index (χ2n) is 8.91. The van der Waals surface area contributed by atoms with Gasteiger partial charge in [-0.05, 0) is 49.9 Å². The topological polar surface area (TPSA) is 45.2 Å². The minimum Gasteiger partial charge on any atom is -0.320 e. The normalized spacial score (nSPS) is 16.1. The van der Waals surface area contributed by atoms with Gasteiger partial charge >= 0.3 is 0 Å². The molecule has 3 aromatic rings. The van der Waals surface area contributed by atoms with Crippen molar-refractivity contribution in [1.82, 2.24) is 9.88 Å². The Labute approximate surface area is 195 Å². The first-order valence-corrected chi connectivity index (χ1v) is 12.7. The molecule has 1 saturated heterocycles. The van der Waals surface area contributed by atoms with Crippen LogP contribution < -0.4 is 5.32 Å². The number of benzene rings is 2. The van der Waals surface area contributed by atoms with Crippen molar-refractivity contribution < 1.29 is 4.79 Å². The van der Waals surface area contributed by atoms with E-state index in [0.717, 1.165) is 53.7 Å². The number of rotatable bonds is 8. The van der Waals surface area contributed by atoms with Crippen molar-refractivity contribution in [2.24, 2.45) is 5.92 Å². The molecule has 0 spiro atoms. The van der Waals surface area contributed by atoms with Crippen LogP contribution in [0.4, 0.5) is 5.69 Å². The fraction of sp³-hybridized carbons (Fsp3) is 0.407. The van der Waals surface area contributed by atoms with Crippen LogP contribution in [0.1, 0.15) is 60.9 Å². The smallest absolute Gasteiger partial charge is 0.275 e. The molecule has 1 atom stereocenters. The predicted octanol–water partition coefficient (Wildman–Crippen LogP) is 6.68. The summed E-state index contributed by atoms with van der Waals surface area (Å²) in [6.45, 7) is 8.08. The van der Waals surface area contributed by atoms with Crippen molar-refractivity contribution in [2.75, 3.05) is 25.0 Å². The number of amides is 1. The summed E-state index contributed by atoms with van der Waals surface area (Å²) in [6, 6.07) is 18.1. The molecule has 2 heterocycles. The highest BCUT2D eigenvalue weighted by molar-refractivity contribution is 7.10. The van der Waals surface area contributed by atoms with E-state index in [1.165, 1.54) is 19.4 Å². The van der Waals surface area contributed by atoms with Gasteiger partial charge < -0.3 is 10.2 Å². The average molecular weight is 448 g/mol. The Kier molecular flexibility index (Phi) is 7.72. The van der Waals surface area contributed by atoms with E-state index in [4.69, 9.17) is 4.98 Å². The zero-order valence-corrected chi connectivity index (χ0v) is 19.9. The summed E-state index contributed by atoms with van der Waals surface area (Å²) in [7, 11) is 0. The van der Waals surface area contributed by atoms with Crippen LogP contribution in [0, 0.1) is 5.92 Å². The van der Waals surface area contributed by atoms with Crippen LogP contribution in [-0.4, -0.2) is 35.4 Å². The van der Waals surface area contributed by atoms with Crippen molar-refractivity contribution >= 4 is 22.9 Å². The maximum atomic E-state index is 13.0. The van der Waals surface area contributed by atoms with Gasteiger partial charge in [0.25, 0.3) is 5.91 Å². The lowest BCUT2D eigenvalue weighted by Crippen LogP contribution is -2.36. The van der Waals surface area contributed by atoms with Gasteiger partial charge in [0, 0.05) is 29.1 Å². The van der Waals surface area contributed by atoms with Crippen LogP contribution in [0.25, 0.3) is 11.1 Å². The Balaban J connectivity index is 1.37. The van der Waals surface area contributed by atoms with Gasteiger partial charge in [0.2, 0.25) is 0 Å². The van der Waals surface area contributed by atoms with E-state index >= 15 is 0 Å². The maximum Gasteiger partial charge on any atom is 0.275 e. The molecule has 5 heteroatoms. The lowest BCUT2D eigenvalue weighted by molar-refractivity contribution is 0.102. The van der Waals surface area contributed by atoms with Gasteiger partial charge in [0.05, 0.1) is 5.01 Å². The number of hydrogen-bond donors (Lipinski definition) is 1. The molecule has 1 aliphatic rings. The van der Waals surface area contributed by atoms with E-state index in [1.54, 1.807) is 11.3 Å². The fourth-order valence-electron chi connectivity index (χ4n) is 4.61. The number of piperidine rings is 1. The highest BCUT2D eigenvalue weighted by Gasteiger charge is 2.24. The number of thiazole rings is 1. The Hall–Kier alpha value is -2.50. The number of para-hydroxylation sites is 1. The number of aromatic nitrogens is 1. The van der Waals surface area contributed by atoms with E-state index in [2.05, 4.69) is 36.2 Å². The van der Waals surface area contributed by atoms with Crippen molar-refractivity contribution in [3.05, 3.63) is 70.7 Å². The summed E-state index contributed by atoms with van der Waals surface area (Å²) in [6.07, 6.45) is 4.82. The molecule has 1 aromatic heterocycles. The summed E-state index contributed by atoms with van der Waals surface area (Å²) < 4.78 is 0. The predicted molar refractivity (Wildman–Crippen MR) is 134 cm³/mol. The molecular weight excluding hydrogens is 414 g/mol. The average Bonchev–Trinajstić information content (AvgIpc) is 3.31. The number of anilines is 1. The summed E-state index contributed by atoms with van der Waals surface area (Å²) >= 11 is 1.63. The van der Waals surface area contributed by atoms with Crippen LogP contribution in [0.5, 0.6) is 0 Å². The Morgan fingerprint density at radius 1 is 1.12 bits per heavy atom. The van der Waals surface area contributed by atoms with Crippen molar-refractivity contribution in [2.45, 2.75) is 45.4 Å². The van der Waals surface area contributed by atoms with Gasteiger partial charge in [0.1, 0.15) is 5.69 Å². The number of likely N-dealkylation sites (tertiary alicyclic amines) is 1. The minimum atomic E-state index is -0.137. The van der Waals surface area contributed by atoms with Crippen LogP contribution >= 0.6 is 11.3 Å². The van der Waals surface area contributed by atoms with Gasteiger partial charge in [-0.2, -0.15) is 0 Å². The summed E-state index contributed by atoms with van der Waals surface area (Å²) in [4.78, 5) is 20.3. The molecule has 1 aliphatic heterocycles. The Bertz CT molecular complexity index is 1010. The third-order valence-corrected chi connectivity index (χ3v) is 7.31. The fourth-order valence-corrected chi connectivity index (χ4v) is 5.59. The third kappa shape index (κ3) is 5.64. The maximum absolute atomic E-state index is 13.0. The first-order chi connectivity index (χ1) is 15.6. The largest absolute Gasteiger partial charge is 0.320 e. The zero-order chi connectivity index (χ0) is 22.3. The highest BCUT2D eigenvalue weighted by Crippen LogP contribution is 2.32. The van der Waals surface area contributed by atoms with Gasteiger partial charge in [-0.15, -0.1) is 11.3 Å². The summed E-state index contributed by atoms with van der Waals surface area (Å²) in [5.74, 6) is 1.10. The van der Waals surface area contributed by atoms with Crippen molar-refractivity contribution in [3.8, 4) is 11.1 Å². The quantitative estimate of drug-likeness (QED) is 0.419. The van der Waals surface area contributed by atoms with E-state index in [9.17, 15) is 4.79 Å². The van der Waals surface area contributed by atoms with Crippen molar-refractivity contribution in [1.29, 1.82) is 0 Å². The van der Waals surface area contributed by atoms with Crippen molar-refractivity contribution in [3.63, 3.8) is 0 Å². The number of hydrogen-bond acceptors (Lipinski definition) is 4. The van der Waals surface area contributed by atoms with Gasteiger partial charge in [-0.25, -0.2) is 4.98 Å². The molecule has 2 aromatic carbocycles.